The highest BCUT2D eigenvalue weighted by molar-refractivity contribution is 5.90. The fraction of sp³-hybridized carbons (Fsp3) is 0.0526. The van der Waals surface area contributed by atoms with E-state index in [0.29, 0.717) is 5.69 Å². The Morgan fingerprint density at radius 1 is 0.818 bits per heavy atom. The van der Waals surface area contributed by atoms with Crippen LogP contribution in [-0.4, -0.2) is 18.1 Å². The lowest BCUT2D eigenvalue weighted by Crippen LogP contribution is -2.05. The molecule has 1 heterocycles. The summed E-state index contributed by atoms with van der Waals surface area (Å²) in [4.78, 5) is 16.3. The number of esters is 1. The molecule has 1 aromatic heterocycles. The Labute approximate surface area is 129 Å². The zero-order valence-corrected chi connectivity index (χ0v) is 12.2. The van der Waals surface area contributed by atoms with E-state index in [4.69, 9.17) is 4.74 Å². The zero-order valence-electron chi connectivity index (χ0n) is 12.2. The van der Waals surface area contributed by atoms with Gasteiger partial charge in [0.25, 0.3) is 0 Å². The number of methoxy groups -OCH3 is 1. The first-order valence-electron chi connectivity index (χ1n) is 7.00. The Balaban J connectivity index is 2.20. The van der Waals surface area contributed by atoms with Crippen LogP contribution in [0.3, 0.4) is 0 Å². The van der Waals surface area contributed by atoms with E-state index in [1.807, 2.05) is 66.7 Å². The van der Waals surface area contributed by atoms with Gasteiger partial charge in [-0.25, -0.2) is 9.78 Å². The first-order valence-corrected chi connectivity index (χ1v) is 7.00. The SMILES string of the molecule is COC(=O)c1ccc(-c2ccccc2)c(-c2ccccc2)n1. The van der Waals surface area contributed by atoms with Gasteiger partial charge in [-0.05, 0) is 17.7 Å². The maximum absolute atomic E-state index is 11.8. The van der Waals surface area contributed by atoms with Crippen molar-refractivity contribution in [2.75, 3.05) is 7.11 Å². The molecule has 0 atom stereocenters. The molecule has 3 aromatic rings. The summed E-state index contributed by atoms with van der Waals surface area (Å²) in [5, 5.41) is 0. The summed E-state index contributed by atoms with van der Waals surface area (Å²) in [6.45, 7) is 0. The number of aromatic nitrogens is 1. The number of nitrogens with zero attached hydrogens (tertiary/aromatic N) is 1. The Morgan fingerprint density at radius 3 is 2.00 bits per heavy atom. The highest BCUT2D eigenvalue weighted by Crippen LogP contribution is 2.30. The Kier molecular flexibility index (Phi) is 3.97. The van der Waals surface area contributed by atoms with Crippen molar-refractivity contribution in [3.63, 3.8) is 0 Å². The van der Waals surface area contributed by atoms with E-state index in [2.05, 4.69) is 4.98 Å². The topological polar surface area (TPSA) is 39.2 Å². The van der Waals surface area contributed by atoms with Gasteiger partial charge < -0.3 is 4.74 Å². The average molecular weight is 289 g/mol. The van der Waals surface area contributed by atoms with Crippen molar-refractivity contribution >= 4 is 5.97 Å². The molecule has 0 aliphatic heterocycles. The second kappa shape index (κ2) is 6.22. The van der Waals surface area contributed by atoms with Crippen LogP contribution in [0.15, 0.2) is 72.8 Å². The minimum Gasteiger partial charge on any atom is -0.464 e. The van der Waals surface area contributed by atoms with Crippen LogP contribution in [-0.2, 0) is 4.74 Å². The third kappa shape index (κ3) is 2.74. The largest absolute Gasteiger partial charge is 0.464 e. The van der Waals surface area contributed by atoms with Gasteiger partial charge in [-0.15, -0.1) is 0 Å². The predicted molar refractivity (Wildman–Crippen MR) is 86.4 cm³/mol. The van der Waals surface area contributed by atoms with Crippen molar-refractivity contribution in [3.8, 4) is 22.4 Å². The molecule has 0 amide bonds. The summed E-state index contributed by atoms with van der Waals surface area (Å²) in [5.74, 6) is -0.434. The molecule has 0 aliphatic rings. The number of hydrogen-bond acceptors (Lipinski definition) is 3. The fourth-order valence-corrected chi connectivity index (χ4v) is 2.34. The van der Waals surface area contributed by atoms with Gasteiger partial charge in [0.1, 0.15) is 5.69 Å². The predicted octanol–water partition coefficient (Wildman–Crippen LogP) is 4.20. The number of pyridine rings is 1. The first-order chi connectivity index (χ1) is 10.8. The van der Waals surface area contributed by atoms with Gasteiger partial charge in [0.2, 0.25) is 0 Å². The molecule has 0 saturated heterocycles. The van der Waals surface area contributed by atoms with Crippen molar-refractivity contribution in [2.45, 2.75) is 0 Å². The smallest absolute Gasteiger partial charge is 0.356 e. The quantitative estimate of drug-likeness (QED) is 0.678. The molecule has 0 N–H and O–H groups in total. The van der Waals surface area contributed by atoms with Crippen molar-refractivity contribution < 1.29 is 9.53 Å². The van der Waals surface area contributed by atoms with Gasteiger partial charge in [-0.3, -0.25) is 0 Å². The van der Waals surface area contributed by atoms with Crippen LogP contribution in [0.4, 0.5) is 0 Å². The van der Waals surface area contributed by atoms with Crippen molar-refractivity contribution in [2.24, 2.45) is 0 Å². The monoisotopic (exact) mass is 289 g/mol. The number of carbonyl (C=O) groups excluding carboxylic acids is 1. The molecule has 3 heteroatoms. The van der Waals surface area contributed by atoms with Crippen molar-refractivity contribution in [1.29, 1.82) is 0 Å². The van der Waals surface area contributed by atoms with Crippen LogP contribution in [0.1, 0.15) is 10.5 Å². The molecule has 0 fully saturated rings. The third-order valence-corrected chi connectivity index (χ3v) is 3.42. The number of hydrogen-bond donors (Lipinski definition) is 0. The van der Waals surface area contributed by atoms with E-state index in [1.165, 1.54) is 7.11 Å². The third-order valence-electron chi connectivity index (χ3n) is 3.42. The molecule has 3 nitrogen and oxygen atoms in total. The molecule has 0 radical (unpaired) electrons. The van der Waals surface area contributed by atoms with Crippen molar-refractivity contribution in [1.82, 2.24) is 4.98 Å². The minimum atomic E-state index is -0.434. The molecular weight excluding hydrogens is 274 g/mol. The molecule has 108 valence electrons. The summed E-state index contributed by atoms with van der Waals surface area (Å²) >= 11 is 0. The molecule has 22 heavy (non-hydrogen) atoms. The minimum absolute atomic E-state index is 0.307. The molecule has 0 unspecified atom stereocenters. The van der Waals surface area contributed by atoms with Gasteiger partial charge in [-0.2, -0.15) is 0 Å². The average Bonchev–Trinajstić information content (AvgIpc) is 2.62. The summed E-state index contributed by atoms with van der Waals surface area (Å²) in [6.07, 6.45) is 0. The van der Waals surface area contributed by atoms with E-state index in [-0.39, 0.29) is 0 Å². The summed E-state index contributed by atoms with van der Waals surface area (Å²) in [7, 11) is 1.36. The van der Waals surface area contributed by atoms with Crippen LogP contribution in [0.5, 0.6) is 0 Å². The fourth-order valence-electron chi connectivity index (χ4n) is 2.34. The number of rotatable bonds is 3. The Morgan fingerprint density at radius 2 is 1.41 bits per heavy atom. The highest BCUT2D eigenvalue weighted by atomic mass is 16.5. The van der Waals surface area contributed by atoms with Crippen LogP contribution >= 0.6 is 0 Å². The maximum atomic E-state index is 11.8. The molecular formula is C19H15NO2. The normalized spacial score (nSPS) is 10.2. The van der Waals surface area contributed by atoms with Gasteiger partial charge in [0.05, 0.1) is 12.8 Å². The Bertz CT molecular complexity index is 783. The van der Waals surface area contributed by atoms with E-state index >= 15 is 0 Å². The van der Waals surface area contributed by atoms with E-state index < -0.39 is 5.97 Å². The van der Waals surface area contributed by atoms with E-state index in [0.717, 1.165) is 22.4 Å². The van der Waals surface area contributed by atoms with Crippen LogP contribution in [0, 0.1) is 0 Å². The molecule has 0 saturated carbocycles. The van der Waals surface area contributed by atoms with Crippen LogP contribution in [0.25, 0.3) is 22.4 Å². The summed E-state index contributed by atoms with van der Waals surface area (Å²) in [6, 6.07) is 23.4. The number of ether oxygens (including phenoxy) is 1. The lowest BCUT2D eigenvalue weighted by Gasteiger charge is -2.11. The van der Waals surface area contributed by atoms with Crippen LogP contribution in [0.2, 0.25) is 0 Å². The van der Waals surface area contributed by atoms with Crippen molar-refractivity contribution in [3.05, 3.63) is 78.5 Å². The highest BCUT2D eigenvalue weighted by Gasteiger charge is 2.14. The van der Waals surface area contributed by atoms with Crippen LogP contribution < -0.4 is 0 Å². The van der Waals surface area contributed by atoms with Gasteiger partial charge in [0.15, 0.2) is 0 Å². The lowest BCUT2D eigenvalue weighted by atomic mass is 9.99. The standard InChI is InChI=1S/C19H15NO2/c1-22-19(21)17-13-12-16(14-8-4-2-5-9-14)18(20-17)15-10-6-3-7-11-15/h2-13H,1H3. The molecule has 3 rings (SSSR count). The first kappa shape index (κ1) is 14.0. The number of benzene rings is 2. The second-order valence-corrected chi connectivity index (χ2v) is 4.82. The second-order valence-electron chi connectivity index (χ2n) is 4.82. The maximum Gasteiger partial charge on any atom is 0.356 e. The molecule has 0 spiro atoms. The molecule has 0 bridgehead atoms. The lowest BCUT2D eigenvalue weighted by molar-refractivity contribution is 0.0594. The van der Waals surface area contributed by atoms with Gasteiger partial charge >= 0.3 is 5.97 Å². The molecule has 2 aromatic carbocycles. The summed E-state index contributed by atoms with van der Waals surface area (Å²) in [5.41, 5.74) is 4.09. The van der Waals surface area contributed by atoms with Gasteiger partial charge in [0, 0.05) is 11.1 Å². The van der Waals surface area contributed by atoms with Gasteiger partial charge in [-0.1, -0.05) is 60.7 Å². The van der Waals surface area contributed by atoms with E-state index in [9.17, 15) is 4.79 Å². The van der Waals surface area contributed by atoms with E-state index in [1.54, 1.807) is 6.07 Å². The molecule has 0 aliphatic carbocycles. The Hall–Kier alpha value is -2.94. The zero-order chi connectivity index (χ0) is 15.4. The number of carbonyl (C=O) groups is 1. The summed E-state index contributed by atoms with van der Waals surface area (Å²) < 4.78 is 4.77.